The van der Waals surface area contributed by atoms with Gasteiger partial charge in [-0.2, -0.15) is 0 Å². The topological polar surface area (TPSA) is 40.5 Å². The van der Waals surface area contributed by atoms with Crippen LogP contribution in [0.4, 0.5) is 0 Å². The zero-order valence-electron chi connectivity index (χ0n) is 18.4. The first kappa shape index (κ1) is 21.7. The molecule has 158 valence electrons. The lowest BCUT2D eigenvalue weighted by molar-refractivity contribution is -0.140. The molecular weight excluding hydrogens is 374 g/mol. The maximum absolute atomic E-state index is 11.5. The van der Waals surface area contributed by atoms with Gasteiger partial charge in [-0.1, -0.05) is 57.7 Å². The molecule has 0 saturated heterocycles. The van der Waals surface area contributed by atoms with E-state index in [-0.39, 0.29) is 11.9 Å². The van der Waals surface area contributed by atoms with Gasteiger partial charge >= 0.3 is 5.97 Å². The number of nitrogens with zero attached hydrogens (tertiary/aromatic N) is 1. The van der Waals surface area contributed by atoms with Crippen LogP contribution in [0.2, 0.25) is 0 Å². The van der Waals surface area contributed by atoms with Crippen molar-refractivity contribution < 1.29 is 14.3 Å². The van der Waals surface area contributed by atoms with Gasteiger partial charge in [-0.3, -0.25) is 0 Å². The number of benzene rings is 2. The van der Waals surface area contributed by atoms with Gasteiger partial charge in [-0.05, 0) is 36.6 Å². The number of carbonyl (C=O) groups excluding carboxylic acids is 1. The van der Waals surface area contributed by atoms with Gasteiger partial charge in [0.2, 0.25) is 0 Å². The van der Waals surface area contributed by atoms with Crippen LogP contribution in [0.25, 0.3) is 22.2 Å². The Morgan fingerprint density at radius 1 is 1.03 bits per heavy atom. The standard InChI is InChI=1S/C26H31NO3/c1-18(2)15-27-24(21-9-7-6-8-10-21)13-22-11-12-23(14-25(22)27)29-16-20(5)17-30-26(28)19(3)4/h6-14,18,20H,3,15-17H2,1-2,4-5H3. The molecule has 4 nitrogen and oxygen atoms in total. The van der Waals surface area contributed by atoms with Crippen molar-refractivity contribution in [2.75, 3.05) is 13.2 Å². The molecular formula is C26H31NO3. The lowest BCUT2D eigenvalue weighted by atomic mass is 10.1. The van der Waals surface area contributed by atoms with Crippen LogP contribution in [-0.4, -0.2) is 23.8 Å². The highest BCUT2D eigenvalue weighted by Gasteiger charge is 2.14. The van der Waals surface area contributed by atoms with E-state index in [0.29, 0.717) is 24.7 Å². The predicted molar refractivity (Wildman–Crippen MR) is 123 cm³/mol. The van der Waals surface area contributed by atoms with Crippen molar-refractivity contribution in [3.8, 4) is 17.0 Å². The summed E-state index contributed by atoms with van der Waals surface area (Å²) in [5.41, 5.74) is 4.01. The van der Waals surface area contributed by atoms with E-state index in [0.717, 1.165) is 12.3 Å². The van der Waals surface area contributed by atoms with E-state index in [4.69, 9.17) is 9.47 Å². The minimum Gasteiger partial charge on any atom is -0.493 e. The normalized spacial score (nSPS) is 12.2. The van der Waals surface area contributed by atoms with Gasteiger partial charge in [-0.25, -0.2) is 4.79 Å². The molecule has 0 amide bonds. The van der Waals surface area contributed by atoms with Crippen LogP contribution >= 0.6 is 0 Å². The Morgan fingerprint density at radius 3 is 2.43 bits per heavy atom. The summed E-state index contributed by atoms with van der Waals surface area (Å²) in [7, 11) is 0. The second-order valence-electron chi connectivity index (χ2n) is 8.42. The van der Waals surface area contributed by atoms with Crippen LogP contribution in [0.3, 0.4) is 0 Å². The average Bonchev–Trinajstić information content (AvgIpc) is 3.08. The molecule has 0 aliphatic carbocycles. The lowest BCUT2D eigenvalue weighted by Gasteiger charge is -2.15. The second-order valence-corrected chi connectivity index (χ2v) is 8.42. The monoisotopic (exact) mass is 405 g/mol. The van der Waals surface area contributed by atoms with Crippen molar-refractivity contribution in [1.29, 1.82) is 0 Å². The third-order valence-corrected chi connectivity index (χ3v) is 4.87. The molecule has 2 aromatic carbocycles. The summed E-state index contributed by atoms with van der Waals surface area (Å²) in [5.74, 6) is 1.08. The van der Waals surface area contributed by atoms with E-state index in [1.165, 1.54) is 22.2 Å². The highest BCUT2D eigenvalue weighted by Crippen LogP contribution is 2.31. The van der Waals surface area contributed by atoms with Crippen LogP contribution in [0, 0.1) is 11.8 Å². The third kappa shape index (κ3) is 5.32. The number of fused-ring (bicyclic) bond motifs is 1. The molecule has 0 bridgehead atoms. The first-order chi connectivity index (χ1) is 14.3. The molecule has 0 aliphatic heterocycles. The molecule has 3 aromatic rings. The maximum Gasteiger partial charge on any atom is 0.333 e. The SMILES string of the molecule is C=C(C)C(=O)OCC(C)COc1ccc2cc(-c3ccccc3)n(CC(C)C)c2c1. The van der Waals surface area contributed by atoms with Gasteiger partial charge in [0.05, 0.1) is 18.7 Å². The van der Waals surface area contributed by atoms with Gasteiger partial charge < -0.3 is 14.0 Å². The fraction of sp³-hybridized carbons (Fsp3) is 0.346. The Hall–Kier alpha value is -3.01. The smallest absolute Gasteiger partial charge is 0.333 e. The van der Waals surface area contributed by atoms with Crippen LogP contribution in [0.15, 0.2) is 66.7 Å². The second kappa shape index (κ2) is 9.66. The first-order valence-electron chi connectivity index (χ1n) is 10.5. The average molecular weight is 406 g/mol. The number of rotatable bonds is 9. The molecule has 0 fully saturated rings. The van der Waals surface area contributed by atoms with Crippen molar-refractivity contribution >= 4 is 16.9 Å². The van der Waals surface area contributed by atoms with E-state index in [9.17, 15) is 4.79 Å². The molecule has 3 rings (SSSR count). The molecule has 1 aromatic heterocycles. The maximum atomic E-state index is 11.5. The lowest BCUT2D eigenvalue weighted by Crippen LogP contribution is -2.18. The van der Waals surface area contributed by atoms with E-state index in [2.05, 4.69) is 67.5 Å². The van der Waals surface area contributed by atoms with Gasteiger partial charge in [0.15, 0.2) is 0 Å². The molecule has 0 N–H and O–H groups in total. The van der Waals surface area contributed by atoms with E-state index in [1.807, 2.05) is 19.1 Å². The van der Waals surface area contributed by atoms with Crippen molar-refractivity contribution in [2.45, 2.75) is 34.2 Å². The highest BCUT2D eigenvalue weighted by molar-refractivity contribution is 5.88. The first-order valence-corrected chi connectivity index (χ1v) is 10.5. The largest absolute Gasteiger partial charge is 0.493 e. The summed E-state index contributed by atoms with van der Waals surface area (Å²) in [6.45, 7) is 13.4. The Kier molecular flexibility index (Phi) is 6.99. The Morgan fingerprint density at radius 2 is 1.77 bits per heavy atom. The molecule has 0 aliphatic rings. The number of ether oxygens (including phenoxy) is 2. The summed E-state index contributed by atoms with van der Waals surface area (Å²) in [5, 5.41) is 1.20. The van der Waals surface area contributed by atoms with Gasteiger partial charge in [0.25, 0.3) is 0 Å². The number of carbonyl (C=O) groups is 1. The Bertz CT molecular complexity index is 1020. The van der Waals surface area contributed by atoms with E-state index >= 15 is 0 Å². The van der Waals surface area contributed by atoms with Gasteiger partial charge in [-0.15, -0.1) is 0 Å². The number of aromatic nitrogens is 1. The van der Waals surface area contributed by atoms with Crippen LogP contribution in [-0.2, 0) is 16.1 Å². The molecule has 0 saturated carbocycles. The fourth-order valence-corrected chi connectivity index (χ4v) is 3.36. The van der Waals surface area contributed by atoms with E-state index in [1.54, 1.807) is 6.92 Å². The summed E-state index contributed by atoms with van der Waals surface area (Å²) in [4.78, 5) is 11.5. The minimum absolute atomic E-state index is 0.0892. The van der Waals surface area contributed by atoms with Crippen molar-refractivity contribution in [1.82, 2.24) is 4.57 Å². The van der Waals surface area contributed by atoms with Crippen LogP contribution in [0.1, 0.15) is 27.7 Å². The molecule has 30 heavy (non-hydrogen) atoms. The van der Waals surface area contributed by atoms with Crippen molar-refractivity contribution in [3.05, 3.63) is 66.7 Å². The van der Waals surface area contributed by atoms with Crippen molar-refractivity contribution in [3.63, 3.8) is 0 Å². The molecule has 0 radical (unpaired) electrons. The molecule has 1 heterocycles. The van der Waals surface area contributed by atoms with Crippen LogP contribution < -0.4 is 4.74 Å². The number of esters is 1. The molecule has 4 heteroatoms. The highest BCUT2D eigenvalue weighted by atomic mass is 16.5. The van der Waals surface area contributed by atoms with Crippen LogP contribution in [0.5, 0.6) is 5.75 Å². The van der Waals surface area contributed by atoms with Gasteiger partial charge in [0, 0.05) is 35.2 Å². The summed E-state index contributed by atoms with van der Waals surface area (Å²) >= 11 is 0. The summed E-state index contributed by atoms with van der Waals surface area (Å²) < 4.78 is 13.6. The van der Waals surface area contributed by atoms with Crippen molar-refractivity contribution in [2.24, 2.45) is 11.8 Å². The zero-order valence-corrected chi connectivity index (χ0v) is 18.4. The minimum atomic E-state index is -0.358. The fourth-order valence-electron chi connectivity index (χ4n) is 3.36. The Balaban J connectivity index is 1.79. The quantitative estimate of drug-likeness (QED) is 0.319. The Labute approximate surface area is 179 Å². The molecule has 0 spiro atoms. The summed E-state index contributed by atoms with van der Waals surface area (Å²) in [6.07, 6.45) is 0. The van der Waals surface area contributed by atoms with E-state index < -0.39 is 0 Å². The zero-order chi connectivity index (χ0) is 21.7. The van der Waals surface area contributed by atoms with Gasteiger partial charge in [0.1, 0.15) is 5.75 Å². The molecule has 1 atom stereocenters. The summed E-state index contributed by atoms with van der Waals surface area (Å²) in [6, 6.07) is 19.0. The third-order valence-electron chi connectivity index (χ3n) is 4.87. The number of hydrogen-bond acceptors (Lipinski definition) is 3. The number of hydrogen-bond donors (Lipinski definition) is 0. The predicted octanol–water partition coefficient (Wildman–Crippen LogP) is 6.10. The molecule has 1 unspecified atom stereocenters.